The molecule has 0 unspecified atom stereocenters. The Balaban J connectivity index is 1.52. The van der Waals surface area contributed by atoms with E-state index in [2.05, 4.69) is 10.3 Å². The summed E-state index contributed by atoms with van der Waals surface area (Å²) in [7, 11) is 0. The first kappa shape index (κ1) is 21.3. The fourth-order valence-corrected chi connectivity index (χ4v) is 3.55. The van der Waals surface area contributed by atoms with E-state index in [4.69, 9.17) is 16.0 Å². The van der Waals surface area contributed by atoms with Crippen molar-refractivity contribution in [3.05, 3.63) is 92.5 Å². The fraction of sp³-hybridized carbons (Fsp3) is 0.0833. The van der Waals surface area contributed by atoms with Gasteiger partial charge in [0.15, 0.2) is 5.58 Å². The van der Waals surface area contributed by atoms with E-state index < -0.39 is 4.92 Å². The molecular formula is C24H18ClN3O4. The van der Waals surface area contributed by atoms with Crippen molar-refractivity contribution in [2.24, 2.45) is 0 Å². The van der Waals surface area contributed by atoms with Gasteiger partial charge in [-0.05, 0) is 66.9 Å². The van der Waals surface area contributed by atoms with Gasteiger partial charge in [-0.1, -0.05) is 29.8 Å². The molecule has 0 saturated carbocycles. The molecule has 0 saturated heterocycles. The lowest BCUT2D eigenvalue weighted by Gasteiger charge is -2.04. The van der Waals surface area contributed by atoms with Gasteiger partial charge < -0.3 is 9.73 Å². The molecule has 4 rings (SSSR count). The van der Waals surface area contributed by atoms with Gasteiger partial charge in [0.05, 0.1) is 4.92 Å². The van der Waals surface area contributed by atoms with E-state index in [1.807, 2.05) is 32.0 Å². The van der Waals surface area contributed by atoms with Gasteiger partial charge in [0.2, 0.25) is 11.8 Å². The van der Waals surface area contributed by atoms with E-state index >= 15 is 0 Å². The summed E-state index contributed by atoms with van der Waals surface area (Å²) in [6.45, 7) is 3.98. The molecule has 0 aliphatic rings. The number of amides is 1. The fourth-order valence-electron chi connectivity index (χ4n) is 3.36. The van der Waals surface area contributed by atoms with Crippen LogP contribution in [-0.4, -0.2) is 15.8 Å². The number of aryl methyl sites for hydroxylation is 2. The van der Waals surface area contributed by atoms with Crippen LogP contribution in [0, 0.1) is 24.0 Å². The van der Waals surface area contributed by atoms with E-state index in [1.165, 1.54) is 24.3 Å². The van der Waals surface area contributed by atoms with Crippen molar-refractivity contribution < 1.29 is 14.1 Å². The number of nitrogens with zero attached hydrogens (tertiary/aromatic N) is 2. The zero-order valence-electron chi connectivity index (χ0n) is 17.3. The molecule has 1 N–H and O–H groups in total. The van der Waals surface area contributed by atoms with Crippen LogP contribution in [0.4, 0.5) is 11.4 Å². The maximum atomic E-state index is 12.3. The Kier molecular flexibility index (Phi) is 5.75. The molecule has 8 heteroatoms. The number of oxazole rings is 1. The van der Waals surface area contributed by atoms with Gasteiger partial charge in [0, 0.05) is 23.4 Å². The van der Waals surface area contributed by atoms with Crippen LogP contribution in [0.2, 0.25) is 5.02 Å². The third kappa shape index (κ3) is 4.53. The topological polar surface area (TPSA) is 98.3 Å². The Hall–Kier alpha value is -3.97. The van der Waals surface area contributed by atoms with Crippen molar-refractivity contribution in [2.45, 2.75) is 13.8 Å². The third-order valence-corrected chi connectivity index (χ3v) is 5.11. The van der Waals surface area contributed by atoms with E-state index in [0.29, 0.717) is 17.1 Å². The second-order valence-corrected chi connectivity index (χ2v) is 7.73. The standard InChI is InChI=1S/C24H18ClN3O4/c1-14-10-15(2)23-20(11-14)27-24(32-23)17-4-3-5-18(13-17)26-22(29)9-7-16-6-8-19(25)21(12-16)28(30)31/h3-13H,1-2H3,(H,26,29)/b9-7+. The normalized spacial score (nSPS) is 11.2. The quantitative estimate of drug-likeness (QED) is 0.219. The highest BCUT2D eigenvalue weighted by atomic mass is 35.5. The Morgan fingerprint density at radius 2 is 1.97 bits per heavy atom. The van der Waals surface area contributed by atoms with E-state index in [1.54, 1.807) is 24.3 Å². The number of rotatable bonds is 5. The SMILES string of the molecule is Cc1cc(C)c2oc(-c3cccc(NC(=O)/C=C/c4ccc(Cl)c([N+](=O)[O-])c4)c3)nc2c1. The minimum atomic E-state index is -0.569. The number of carbonyl (C=O) groups excluding carboxylic acids is 1. The first-order valence-electron chi connectivity index (χ1n) is 9.71. The van der Waals surface area contributed by atoms with Crippen molar-refractivity contribution in [2.75, 3.05) is 5.32 Å². The van der Waals surface area contributed by atoms with Crippen LogP contribution in [0.25, 0.3) is 28.6 Å². The highest BCUT2D eigenvalue weighted by molar-refractivity contribution is 6.32. The lowest BCUT2D eigenvalue weighted by Crippen LogP contribution is -2.07. The van der Waals surface area contributed by atoms with E-state index in [-0.39, 0.29) is 16.6 Å². The number of benzene rings is 3. The molecule has 0 radical (unpaired) electrons. The lowest BCUT2D eigenvalue weighted by molar-refractivity contribution is -0.384. The smallest absolute Gasteiger partial charge is 0.288 e. The number of nitrogens with one attached hydrogen (secondary N) is 1. The van der Waals surface area contributed by atoms with Crippen molar-refractivity contribution in [3.8, 4) is 11.5 Å². The third-order valence-electron chi connectivity index (χ3n) is 4.79. The van der Waals surface area contributed by atoms with Gasteiger partial charge in [-0.25, -0.2) is 4.98 Å². The molecule has 0 aliphatic heterocycles. The summed E-state index contributed by atoms with van der Waals surface area (Å²) in [5, 5.41) is 13.8. The molecule has 1 heterocycles. The number of anilines is 1. The average Bonchev–Trinajstić information content (AvgIpc) is 3.17. The summed E-state index contributed by atoms with van der Waals surface area (Å²) in [6.07, 6.45) is 2.78. The minimum absolute atomic E-state index is 0.0398. The maximum Gasteiger partial charge on any atom is 0.288 e. The van der Waals surface area contributed by atoms with Crippen LogP contribution in [0.15, 0.2) is 65.1 Å². The number of fused-ring (bicyclic) bond motifs is 1. The van der Waals surface area contributed by atoms with Gasteiger partial charge >= 0.3 is 0 Å². The molecule has 160 valence electrons. The first-order chi connectivity index (χ1) is 15.3. The van der Waals surface area contributed by atoms with Crippen molar-refractivity contribution >= 4 is 46.1 Å². The molecular weight excluding hydrogens is 430 g/mol. The molecule has 3 aromatic carbocycles. The number of hydrogen-bond donors (Lipinski definition) is 1. The van der Waals surface area contributed by atoms with Gasteiger partial charge in [-0.2, -0.15) is 0 Å². The summed E-state index contributed by atoms with van der Waals surface area (Å²) in [5.74, 6) is 0.0811. The van der Waals surface area contributed by atoms with E-state index in [0.717, 1.165) is 27.8 Å². The second kappa shape index (κ2) is 8.64. The van der Waals surface area contributed by atoms with Crippen LogP contribution in [0.3, 0.4) is 0 Å². The second-order valence-electron chi connectivity index (χ2n) is 7.32. The van der Waals surface area contributed by atoms with Crippen LogP contribution < -0.4 is 5.32 Å². The summed E-state index contributed by atoms with van der Waals surface area (Å²) >= 11 is 5.81. The van der Waals surface area contributed by atoms with Crippen LogP contribution in [-0.2, 0) is 4.79 Å². The monoisotopic (exact) mass is 447 g/mol. The Morgan fingerprint density at radius 3 is 2.75 bits per heavy atom. The molecule has 0 bridgehead atoms. The molecule has 0 atom stereocenters. The lowest BCUT2D eigenvalue weighted by atomic mass is 10.1. The van der Waals surface area contributed by atoms with Gasteiger partial charge in [0.1, 0.15) is 10.5 Å². The predicted octanol–water partition coefficient (Wildman–Crippen LogP) is 6.33. The molecule has 32 heavy (non-hydrogen) atoms. The number of hydrogen-bond acceptors (Lipinski definition) is 5. The number of aromatic nitrogens is 1. The Labute approximate surface area is 188 Å². The number of carbonyl (C=O) groups is 1. The largest absolute Gasteiger partial charge is 0.436 e. The zero-order chi connectivity index (χ0) is 22.8. The van der Waals surface area contributed by atoms with Gasteiger partial charge in [-0.3, -0.25) is 14.9 Å². The molecule has 4 aromatic rings. The summed E-state index contributed by atoms with van der Waals surface area (Å²) in [5.41, 5.74) is 5.20. The number of nitro benzene ring substituents is 1. The Bertz CT molecular complexity index is 1390. The first-order valence-corrected chi connectivity index (χ1v) is 10.1. The van der Waals surface area contributed by atoms with Crippen molar-refractivity contribution in [1.82, 2.24) is 4.98 Å². The molecule has 1 amide bonds. The van der Waals surface area contributed by atoms with Crippen molar-refractivity contribution in [3.63, 3.8) is 0 Å². The highest BCUT2D eigenvalue weighted by Crippen LogP contribution is 2.29. The highest BCUT2D eigenvalue weighted by Gasteiger charge is 2.13. The molecule has 0 spiro atoms. The summed E-state index contributed by atoms with van der Waals surface area (Å²) < 4.78 is 5.94. The molecule has 7 nitrogen and oxygen atoms in total. The minimum Gasteiger partial charge on any atom is -0.436 e. The molecule has 0 aliphatic carbocycles. The number of halogens is 1. The zero-order valence-corrected chi connectivity index (χ0v) is 18.0. The van der Waals surface area contributed by atoms with E-state index in [9.17, 15) is 14.9 Å². The van der Waals surface area contributed by atoms with Gasteiger partial charge in [0.25, 0.3) is 5.69 Å². The summed E-state index contributed by atoms with van der Waals surface area (Å²) in [4.78, 5) is 27.3. The van der Waals surface area contributed by atoms with Crippen LogP contribution in [0.1, 0.15) is 16.7 Å². The van der Waals surface area contributed by atoms with Crippen molar-refractivity contribution in [1.29, 1.82) is 0 Å². The maximum absolute atomic E-state index is 12.3. The number of nitro groups is 1. The summed E-state index contributed by atoms with van der Waals surface area (Å²) in [6, 6.07) is 15.5. The average molecular weight is 448 g/mol. The van der Waals surface area contributed by atoms with Crippen LogP contribution >= 0.6 is 11.6 Å². The molecule has 1 aromatic heterocycles. The Morgan fingerprint density at radius 1 is 1.16 bits per heavy atom. The predicted molar refractivity (Wildman–Crippen MR) is 125 cm³/mol. The van der Waals surface area contributed by atoms with Crippen LogP contribution in [0.5, 0.6) is 0 Å². The molecule has 0 fully saturated rings. The van der Waals surface area contributed by atoms with Gasteiger partial charge in [-0.15, -0.1) is 0 Å².